The number of H-pyrrole nitrogens is 1. The Morgan fingerprint density at radius 2 is 1.79 bits per heavy atom. The molecule has 1 aromatic carbocycles. The lowest BCUT2D eigenvalue weighted by Crippen LogP contribution is -2.19. The van der Waals surface area contributed by atoms with E-state index < -0.39 is 23.1 Å². The molecule has 0 aliphatic rings. The van der Waals surface area contributed by atoms with Crippen molar-refractivity contribution in [3.05, 3.63) is 63.3 Å². The fraction of sp³-hybridized carbons (Fsp3) is 0.167. The molecule has 1 N–H and O–H groups in total. The first-order chi connectivity index (χ1) is 8.86. The summed E-state index contributed by atoms with van der Waals surface area (Å²) in [6.07, 6.45) is -4.80. The largest absolute Gasteiger partial charge is 0.418 e. The molecule has 2 aromatic rings. The van der Waals surface area contributed by atoms with E-state index in [9.17, 15) is 22.4 Å². The minimum Gasteiger partial charge on any atom is -0.268 e. The highest BCUT2D eigenvalue weighted by Gasteiger charge is 2.34. The third kappa shape index (κ3) is 3.18. The molecule has 1 aromatic heterocycles. The normalized spacial score (nSPS) is 11.6. The molecular weight excluding hydrogens is 264 g/mol. The van der Waals surface area contributed by atoms with Crippen molar-refractivity contribution in [2.75, 3.05) is 0 Å². The first-order valence-corrected chi connectivity index (χ1v) is 5.26. The second kappa shape index (κ2) is 4.83. The van der Waals surface area contributed by atoms with Crippen LogP contribution in [0.25, 0.3) is 0 Å². The quantitative estimate of drug-likeness (QED) is 0.854. The van der Waals surface area contributed by atoms with Gasteiger partial charge < -0.3 is 0 Å². The zero-order chi connectivity index (χ0) is 14.0. The van der Waals surface area contributed by atoms with E-state index in [1.807, 2.05) is 5.10 Å². The zero-order valence-corrected chi connectivity index (χ0v) is 9.46. The molecular formula is C12H8F4N2O. The van der Waals surface area contributed by atoms with Crippen LogP contribution in [0.4, 0.5) is 17.6 Å². The molecule has 3 nitrogen and oxygen atoms in total. The Bertz CT molecular complexity index is 631. The van der Waals surface area contributed by atoms with E-state index in [-0.39, 0.29) is 12.1 Å². The van der Waals surface area contributed by atoms with Crippen molar-refractivity contribution < 1.29 is 17.6 Å². The lowest BCUT2D eigenvalue weighted by Gasteiger charge is -2.10. The van der Waals surface area contributed by atoms with Crippen molar-refractivity contribution in [1.29, 1.82) is 0 Å². The summed E-state index contributed by atoms with van der Waals surface area (Å²) in [5, 5.41) is 5.38. The van der Waals surface area contributed by atoms with Gasteiger partial charge in [-0.25, -0.2) is 9.49 Å². The Morgan fingerprint density at radius 3 is 2.37 bits per heavy atom. The highest BCUT2D eigenvalue weighted by Crippen LogP contribution is 2.30. The van der Waals surface area contributed by atoms with Gasteiger partial charge in [-0.3, -0.25) is 4.79 Å². The number of aromatic nitrogens is 2. The zero-order valence-electron chi connectivity index (χ0n) is 9.46. The second-order valence-corrected chi connectivity index (χ2v) is 3.89. The number of nitrogens with one attached hydrogen (secondary N) is 1. The van der Waals surface area contributed by atoms with Crippen molar-refractivity contribution >= 4 is 0 Å². The van der Waals surface area contributed by atoms with E-state index >= 15 is 0 Å². The molecule has 0 radical (unpaired) electrons. The Morgan fingerprint density at radius 1 is 1.16 bits per heavy atom. The molecule has 1 heterocycles. The van der Waals surface area contributed by atoms with Gasteiger partial charge in [-0.05, 0) is 17.7 Å². The van der Waals surface area contributed by atoms with E-state index in [1.165, 1.54) is 12.1 Å². The summed E-state index contributed by atoms with van der Waals surface area (Å²) in [5.74, 6) is -0.478. The summed E-state index contributed by atoms with van der Waals surface area (Å²) < 4.78 is 50.9. The molecule has 0 bridgehead atoms. The number of rotatable bonds is 2. The maximum Gasteiger partial charge on any atom is 0.418 e. The van der Waals surface area contributed by atoms with Gasteiger partial charge in [-0.15, -0.1) is 0 Å². The number of benzene rings is 1. The van der Waals surface area contributed by atoms with E-state index in [4.69, 9.17) is 0 Å². The number of halogens is 4. The van der Waals surface area contributed by atoms with Crippen molar-refractivity contribution in [1.82, 2.24) is 10.2 Å². The molecule has 0 amide bonds. The molecule has 0 unspecified atom stereocenters. The summed E-state index contributed by atoms with van der Waals surface area (Å²) >= 11 is 0. The Labute approximate surface area is 104 Å². The van der Waals surface area contributed by atoms with Gasteiger partial charge in [0.15, 0.2) is 0 Å². The summed E-state index contributed by atoms with van der Waals surface area (Å²) in [4.78, 5) is 10.9. The molecule has 0 aliphatic heterocycles. The van der Waals surface area contributed by atoms with Gasteiger partial charge >= 0.3 is 6.18 Å². The number of hydrogen-bond donors (Lipinski definition) is 1. The van der Waals surface area contributed by atoms with Crippen LogP contribution in [0.5, 0.6) is 0 Å². The summed E-state index contributed by atoms with van der Waals surface area (Å²) in [6, 6.07) is 5.49. The van der Waals surface area contributed by atoms with Gasteiger partial charge in [0.05, 0.1) is 11.3 Å². The molecule has 0 saturated carbocycles. The smallest absolute Gasteiger partial charge is 0.268 e. The lowest BCUT2D eigenvalue weighted by atomic mass is 10.1. The van der Waals surface area contributed by atoms with Crippen LogP contribution in [0, 0.1) is 5.82 Å². The number of nitrogens with zero attached hydrogens (tertiary/aromatic N) is 1. The highest BCUT2D eigenvalue weighted by molar-refractivity contribution is 5.28. The molecule has 7 heteroatoms. The van der Waals surface area contributed by atoms with Gasteiger partial charge in [0.2, 0.25) is 0 Å². The van der Waals surface area contributed by atoms with Crippen LogP contribution in [-0.2, 0) is 12.6 Å². The standard InChI is InChI=1S/C12H8F4N2O/c13-8-3-1-7(2-4-8)5-10-9(12(14,15)16)6-11(19)18-17-10/h1-4,6H,5H2,(H,18,19). The number of alkyl halides is 3. The molecule has 0 atom stereocenters. The van der Waals surface area contributed by atoms with Gasteiger partial charge in [-0.1, -0.05) is 12.1 Å². The SMILES string of the molecule is O=c1cc(C(F)(F)F)c(Cc2ccc(F)cc2)n[nH]1. The molecule has 100 valence electrons. The third-order valence-corrected chi connectivity index (χ3v) is 2.48. The van der Waals surface area contributed by atoms with E-state index in [0.29, 0.717) is 11.6 Å². The lowest BCUT2D eigenvalue weighted by molar-refractivity contribution is -0.138. The minimum atomic E-state index is -4.66. The minimum absolute atomic E-state index is 0.147. The predicted octanol–water partition coefficient (Wildman–Crippen LogP) is 2.52. The van der Waals surface area contributed by atoms with Crippen LogP contribution in [0.2, 0.25) is 0 Å². The fourth-order valence-corrected chi connectivity index (χ4v) is 1.61. The Hall–Kier alpha value is -2.18. The highest BCUT2D eigenvalue weighted by atomic mass is 19.4. The van der Waals surface area contributed by atoms with Gasteiger partial charge in [-0.2, -0.15) is 18.3 Å². The second-order valence-electron chi connectivity index (χ2n) is 3.89. The summed E-state index contributed by atoms with van der Waals surface area (Å²) in [7, 11) is 0. The Balaban J connectivity index is 2.40. The predicted molar refractivity (Wildman–Crippen MR) is 59.1 cm³/mol. The molecule has 0 saturated heterocycles. The van der Waals surface area contributed by atoms with E-state index in [1.54, 1.807) is 0 Å². The van der Waals surface area contributed by atoms with Crippen LogP contribution in [0.1, 0.15) is 16.8 Å². The number of hydrogen-bond acceptors (Lipinski definition) is 2. The van der Waals surface area contributed by atoms with Gasteiger partial charge in [0.25, 0.3) is 5.56 Å². The average Bonchev–Trinajstić information content (AvgIpc) is 2.33. The molecule has 19 heavy (non-hydrogen) atoms. The molecule has 0 spiro atoms. The first kappa shape index (κ1) is 13.3. The average molecular weight is 272 g/mol. The fourth-order valence-electron chi connectivity index (χ4n) is 1.61. The van der Waals surface area contributed by atoms with Gasteiger partial charge in [0, 0.05) is 12.5 Å². The first-order valence-electron chi connectivity index (χ1n) is 5.26. The van der Waals surface area contributed by atoms with Crippen molar-refractivity contribution in [2.24, 2.45) is 0 Å². The van der Waals surface area contributed by atoms with Gasteiger partial charge in [0.1, 0.15) is 5.82 Å². The molecule has 2 rings (SSSR count). The van der Waals surface area contributed by atoms with E-state index in [0.717, 1.165) is 12.1 Å². The van der Waals surface area contributed by atoms with Crippen molar-refractivity contribution in [3.63, 3.8) is 0 Å². The van der Waals surface area contributed by atoms with Crippen LogP contribution in [-0.4, -0.2) is 10.2 Å². The van der Waals surface area contributed by atoms with Crippen molar-refractivity contribution in [3.8, 4) is 0 Å². The van der Waals surface area contributed by atoms with Crippen LogP contribution >= 0.6 is 0 Å². The third-order valence-electron chi connectivity index (χ3n) is 2.48. The Kier molecular flexibility index (Phi) is 3.37. The van der Waals surface area contributed by atoms with E-state index in [2.05, 4.69) is 5.10 Å². The van der Waals surface area contributed by atoms with Crippen molar-refractivity contribution in [2.45, 2.75) is 12.6 Å². The maximum absolute atomic E-state index is 12.7. The molecule has 0 fully saturated rings. The number of aromatic amines is 1. The van der Waals surface area contributed by atoms with Crippen LogP contribution in [0.15, 0.2) is 35.1 Å². The summed E-state index contributed by atoms with van der Waals surface area (Å²) in [5.41, 5.74) is -1.85. The topological polar surface area (TPSA) is 45.8 Å². The summed E-state index contributed by atoms with van der Waals surface area (Å²) in [6.45, 7) is 0. The van der Waals surface area contributed by atoms with Crippen LogP contribution < -0.4 is 5.56 Å². The maximum atomic E-state index is 12.7. The van der Waals surface area contributed by atoms with Crippen LogP contribution in [0.3, 0.4) is 0 Å². The monoisotopic (exact) mass is 272 g/mol. The molecule has 0 aliphatic carbocycles.